The average molecular weight is 499 g/mol. The maximum absolute atomic E-state index is 13.0. The highest BCUT2D eigenvalue weighted by Crippen LogP contribution is 2.29. The zero-order valence-corrected chi connectivity index (χ0v) is 20.6. The van der Waals surface area contributed by atoms with Crippen LogP contribution < -0.4 is 10.3 Å². The maximum Gasteiger partial charge on any atom is 0.264 e. The summed E-state index contributed by atoms with van der Waals surface area (Å²) in [5.41, 5.74) is -0.339. The second-order valence-electron chi connectivity index (χ2n) is 9.52. The van der Waals surface area contributed by atoms with E-state index in [-0.39, 0.29) is 27.4 Å². The molecule has 1 aromatic heterocycles. The van der Waals surface area contributed by atoms with Gasteiger partial charge in [0, 0.05) is 24.3 Å². The number of H-pyrrole nitrogens is 1. The number of sulfonamides is 1. The quantitative estimate of drug-likeness (QED) is 0.458. The van der Waals surface area contributed by atoms with E-state index >= 15 is 0 Å². The highest BCUT2D eigenvalue weighted by atomic mass is 32.2. The van der Waals surface area contributed by atoms with Gasteiger partial charge in [-0.05, 0) is 68.0 Å². The first-order chi connectivity index (χ1) is 16.6. The van der Waals surface area contributed by atoms with Crippen molar-refractivity contribution in [1.29, 1.82) is 0 Å². The van der Waals surface area contributed by atoms with Crippen LogP contribution in [0.25, 0.3) is 10.9 Å². The lowest BCUT2D eigenvalue weighted by Gasteiger charge is -2.38. The molecule has 1 aliphatic heterocycles. The van der Waals surface area contributed by atoms with Crippen molar-refractivity contribution in [2.75, 3.05) is 17.8 Å². The third kappa shape index (κ3) is 5.54. The van der Waals surface area contributed by atoms with Gasteiger partial charge in [-0.25, -0.2) is 13.4 Å². The van der Waals surface area contributed by atoms with E-state index in [4.69, 9.17) is 0 Å². The smallest absolute Gasteiger partial charge is 0.264 e. The summed E-state index contributed by atoms with van der Waals surface area (Å²) in [6.45, 7) is 5.22. The van der Waals surface area contributed by atoms with E-state index in [2.05, 4.69) is 28.5 Å². The van der Waals surface area contributed by atoms with Crippen LogP contribution in [0.4, 0.5) is 5.69 Å². The molecule has 0 aliphatic carbocycles. The van der Waals surface area contributed by atoms with Crippen molar-refractivity contribution in [2.24, 2.45) is 5.92 Å². The van der Waals surface area contributed by atoms with Gasteiger partial charge >= 0.3 is 0 Å². The molecule has 10 heteroatoms. The molecule has 2 heterocycles. The maximum atomic E-state index is 13.0. The number of fused-ring (bicyclic) bond motifs is 1. The number of anilines is 1. The standard InChI is InChI=1S/C25H30N4O5S/c1-17(2)10-11-25(32)12-14-29(15-13-25)24(31)18-6-8-19(9-7-18)28-35(33,34)21-5-3-4-20-22(21)26-16-27-23(20)30/h3-9,16-17,28,32H,10-15H2,1-2H3,(H,26,27,30). The summed E-state index contributed by atoms with van der Waals surface area (Å²) >= 11 is 0. The number of rotatable bonds is 7. The van der Waals surface area contributed by atoms with Crippen molar-refractivity contribution < 1.29 is 18.3 Å². The van der Waals surface area contributed by atoms with Crippen LogP contribution in [0, 0.1) is 5.92 Å². The molecular weight excluding hydrogens is 468 g/mol. The topological polar surface area (TPSA) is 132 Å². The molecule has 1 saturated heterocycles. The molecule has 1 amide bonds. The molecule has 9 nitrogen and oxygen atoms in total. The minimum Gasteiger partial charge on any atom is -0.390 e. The summed E-state index contributed by atoms with van der Waals surface area (Å²) in [7, 11) is -4.02. The van der Waals surface area contributed by atoms with Gasteiger partial charge in [0.05, 0.1) is 22.8 Å². The Morgan fingerprint density at radius 2 is 1.86 bits per heavy atom. The molecule has 2 aromatic carbocycles. The van der Waals surface area contributed by atoms with Crippen molar-refractivity contribution in [2.45, 2.75) is 50.0 Å². The molecule has 0 spiro atoms. The summed E-state index contributed by atoms with van der Waals surface area (Å²) in [6.07, 6.45) is 3.95. The monoisotopic (exact) mass is 498 g/mol. The second-order valence-corrected chi connectivity index (χ2v) is 11.2. The van der Waals surface area contributed by atoms with Crippen LogP contribution in [-0.2, 0) is 10.0 Å². The first-order valence-corrected chi connectivity index (χ1v) is 13.2. The van der Waals surface area contributed by atoms with E-state index < -0.39 is 21.2 Å². The van der Waals surface area contributed by atoms with E-state index in [1.807, 2.05) is 0 Å². The first-order valence-electron chi connectivity index (χ1n) is 11.7. The Kier molecular flexibility index (Phi) is 6.95. The van der Waals surface area contributed by atoms with Crippen LogP contribution in [0.2, 0.25) is 0 Å². The fourth-order valence-electron chi connectivity index (χ4n) is 4.30. The normalized spacial score (nSPS) is 15.9. The zero-order chi connectivity index (χ0) is 25.2. The number of piperidine rings is 1. The lowest BCUT2D eigenvalue weighted by atomic mass is 9.85. The Bertz CT molecular complexity index is 1370. The molecule has 0 saturated carbocycles. The highest BCUT2D eigenvalue weighted by Gasteiger charge is 2.34. The summed E-state index contributed by atoms with van der Waals surface area (Å²) in [4.78, 5) is 33.0. The number of carbonyl (C=O) groups excluding carboxylic acids is 1. The Balaban J connectivity index is 1.44. The van der Waals surface area contributed by atoms with E-state index in [1.165, 1.54) is 30.3 Å². The van der Waals surface area contributed by atoms with Gasteiger partial charge in [-0.1, -0.05) is 19.9 Å². The number of aromatic amines is 1. The van der Waals surface area contributed by atoms with Gasteiger partial charge < -0.3 is 15.0 Å². The number of hydrogen-bond acceptors (Lipinski definition) is 6. The lowest BCUT2D eigenvalue weighted by Crippen LogP contribution is -2.46. The summed E-state index contributed by atoms with van der Waals surface area (Å²) < 4.78 is 28.5. The molecule has 0 unspecified atom stereocenters. The predicted octanol–water partition coefficient (Wildman–Crippen LogP) is 3.13. The summed E-state index contributed by atoms with van der Waals surface area (Å²) in [6, 6.07) is 10.6. The van der Waals surface area contributed by atoms with Gasteiger partial charge in [0.15, 0.2) is 0 Å². The van der Waals surface area contributed by atoms with Gasteiger partial charge in [0.25, 0.3) is 21.5 Å². The average Bonchev–Trinajstić information content (AvgIpc) is 2.83. The van der Waals surface area contributed by atoms with Crippen molar-refractivity contribution in [3.8, 4) is 0 Å². The summed E-state index contributed by atoms with van der Waals surface area (Å²) in [5, 5.41) is 11.0. The first kappa shape index (κ1) is 24.9. The van der Waals surface area contributed by atoms with Gasteiger partial charge in [-0.3, -0.25) is 14.3 Å². The number of carbonyl (C=O) groups is 1. The van der Waals surface area contributed by atoms with Crippen LogP contribution in [0.15, 0.2) is 58.5 Å². The number of benzene rings is 2. The molecule has 1 aliphatic rings. The van der Waals surface area contributed by atoms with E-state index in [0.717, 1.165) is 19.2 Å². The van der Waals surface area contributed by atoms with E-state index in [0.29, 0.717) is 37.4 Å². The summed E-state index contributed by atoms with van der Waals surface area (Å²) in [5.74, 6) is 0.372. The minimum absolute atomic E-state index is 0.0778. The van der Waals surface area contributed by atoms with Gasteiger partial charge in [0.1, 0.15) is 4.90 Å². The van der Waals surface area contributed by atoms with Crippen LogP contribution in [-0.4, -0.2) is 53.0 Å². The SMILES string of the molecule is CC(C)CCC1(O)CCN(C(=O)c2ccc(NS(=O)(=O)c3cccc4c(=O)[nH]cnc34)cc2)CC1. The third-order valence-corrected chi connectivity index (χ3v) is 7.89. The number of nitrogens with one attached hydrogen (secondary N) is 2. The zero-order valence-electron chi connectivity index (χ0n) is 19.8. The molecule has 0 bridgehead atoms. The molecule has 3 aromatic rings. The second kappa shape index (κ2) is 9.79. The molecule has 1 fully saturated rings. The Hall–Kier alpha value is -3.24. The van der Waals surface area contributed by atoms with Crippen molar-refractivity contribution >= 4 is 32.5 Å². The molecular formula is C25H30N4O5S. The number of nitrogens with zero attached hydrogens (tertiary/aromatic N) is 2. The van der Waals surface area contributed by atoms with E-state index in [9.17, 15) is 23.1 Å². The fourth-order valence-corrected chi connectivity index (χ4v) is 5.53. The molecule has 3 N–H and O–H groups in total. The van der Waals surface area contributed by atoms with Crippen LogP contribution in [0.3, 0.4) is 0 Å². The van der Waals surface area contributed by atoms with Gasteiger partial charge in [-0.2, -0.15) is 0 Å². The number of likely N-dealkylation sites (tertiary alicyclic amines) is 1. The minimum atomic E-state index is -4.02. The van der Waals surface area contributed by atoms with Crippen molar-refractivity contribution in [3.05, 3.63) is 64.7 Å². The molecule has 0 radical (unpaired) electrons. The van der Waals surface area contributed by atoms with Gasteiger partial charge in [0.2, 0.25) is 0 Å². The van der Waals surface area contributed by atoms with Crippen LogP contribution >= 0.6 is 0 Å². The molecule has 0 atom stereocenters. The fraction of sp³-hybridized carbons (Fsp3) is 0.400. The Labute approximate surface area is 204 Å². The molecule has 186 valence electrons. The van der Waals surface area contributed by atoms with E-state index in [1.54, 1.807) is 17.0 Å². The van der Waals surface area contributed by atoms with Gasteiger partial charge in [-0.15, -0.1) is 0 Å². The number of aliphatic hydroxyl groups is 1. The predicted molar refractivity (Wildman–Crippen MR) is 134 cm³/mol. The molecule has 4 rings (SSSR count). The Morgan fingerprint density at radius 3 is 2.51 bits per heavy atom. The van der Waals surface area contributed by atoms with Crippen LogP contribution in [0.1, 0.15) is 49.9 Å². The van der Waals surface area contributed by atoms with Crippen molar-refractivity contribution in [1.82, 2.24) is 14.9 Å². The number of hydrogen-bond donors (Lipinski definition) is 3. The lowest BCUT2D eigenvalue weighted by molar-refractivity contribution is -0.0262. The highest BCUT2D eigenvalue weighted by molar-refractivity contribution is 7.93. The molecule has 35 heavy (non-hydrogen) atoms. The number of aromatic nitrogens is 2. The van der Waals surface area contributed by atoms with Crippen LogP contribution in [0.5, 0.6) is 0 Å². The largest absolute Gasteiger partial charge is 0.390 e. The number of amides is 1. The van der Waals surface area contributed by atoms with Crippen molar-refractivity contribution in [3.63, 3.8) is 0 Å². The number of para-hydroxylation sites is 1. The Morgan fingerprint density at radius 1 is 1.17 bits per heavy atom. The third-order valence-electron chi connectivity index (χ3n) is 6.47.